The molecule has 0 aliphatic carbocycles. The first-order chi connectivity index (χ1) is 8.65. The molecule has 1 aliphatic heterocycles. The Bertz CT molecular complexity index is 414. The van der Waals surface area contributed by atoms with Crippen LogP contribution >= 0.6 is 0 Å². The number of hydrogen-bond donors (Lipinski definition) is 0. The number of nitrogens with zero attached hydrogens (tertiary/aromatic N) is 1. The zero-order valence-corrected chi connectivity index (χ0v) is 12.1. The summed E-state index contributed by atoms with van der Waals surface area (Å²) in [5.41, 5.74) is 6.04. The molecule has 100 valence electrons. The highest BCUT2D eigenvalue weighted by atomic mass is 16.5. The lowest BCUT2D eigenvalue weighted by Crippen LogP contribution is -2.40. The van der Waals surface area contributed by atoms with E-state index < -0.39 is 0 Å². The van der Waals surface area contributed by atoms with E-state index in [2.05, 4.69) is 37.8 Å². The van der Waals surface area contributed by atoms with Crippen molar-refractivity contribution >= 4 is 0 Å². The van der Waals surface area contributed by atoms with Crippen LogP contribution in [0.15, 0.2) is 12.1 Å². The fourth-order valence-corrected chi connectivity index (χ4v) is 2.89. The van der Waals surface area contributed by atoms with E-state index in [-0.39, 0.29) is 0 Å². The minimum Gasteiger partial charge on any atom is -0.383 e. The van der Waals surface area contributed by atoms with Gasteiger partial charge in [-0.15, -0.1) is 0 Å². The first-order valence-electron chi connectivity index (χ1n) is 7.00. The predicted molar refractivity (Wildman–Crippen MR) is 76.0 cm³/mol. The van der Waals surface area contributed by atoms with Gasteiger partial charge in [-0.05, 0) is 48.9 Å². The Kier molecular flexibility index (Phi) is 4.41. The molecule has 2 heteroatoms. The summed E-state index contributed by atoms with van der Waals surface area (Å²) < 4.78 is 5.27. The summed E-state index contributed by atoms with van der Waals surface area (Å²) in [5.74, 6) is 0. The van der Waals surface area contributed by atoms with Crippen LogP contribution in [0.25, 0.3) is 0 Å². The average Bonchev–Trinajstić information content (AvgIpc) is 2.38. The number of methoxy groups -OCH3 is 1. The maximum absolute atomic E-state index is 5.27. The van der Waals surface area contributed by atoms with E-state index in [1.54, 1.807) is 18.2 Å². The second-order valence-corrected chi connectivity index (χ2v) is 5.43. The summed E-state index contributed by atoms with van der Waals surface area (Å²) in [4.78, 5) is 2.53. The minimum absolute atomic E-state index is 0.508. The van der Waals surface area contributed by atoms with Gasteiger partial charge >= 0.3 is 0 Å². The first-order valence-corrected chi connectivity index (χ1v) is 7.00. The lowest BCUT2D eigenvalue weighted by molar-refractivity contribution is 0.0908. The number of aryl methyl sites for hydroxylation is 2. The molecule has 0 radical (unpaired) electrons. The maximum atomic E-state index is 5.27. The van der Waals surface area contributed by atoms with Crippen LogP contribution < -0.4 is 0 Å². The van der Waals surface area contributed by atoms with E-state index in [1.165, 1.54) is 17.5 Å². The van der Waals surface area contributed by atoms with E-state index in [4.69, 9.17) is 4.74 Å². The van der Waals surface area contributed by atoms with Gasteiger partial charge in [0.2, 0.25) is 0 Å². The molecule has 0 saturated heterocycles. The van der Waals surface area contributed by atoms with Crippen LogP contribution in [0.3, 0.4) is 0 Å². The molecule has 0 fully saturated rings. The topological polar surface area (TPSA) is 12.5 Å². The molecule has 0 amide bonds. The number of rotatable bonds is 4. The summed E-state index contributed by atoms with van der Waals surface area (Å²) in [5, 5.41) is 0. The van der Waals surface area contributed by atoms with Gasteiger partial charge < -0.3 is 4.74 Å². The van der Waals surface area contributed by atoms with Gasteiger partial charge in [0.25, 0.3) is 0 Å². The van der Waals surface area contributed by atoms with Crippen LogP contribution in [-0.2, 0) is 24.1 Å². The van der Waals surface area contributed by atoms with Gasteiger partial charge in [-0.1, -0.05) is 19.1 Å². The highest BCUT2D eigenvalue weighted by Gasteiger charge is 2.22. The average molecular weight is 247 g/mol. The van der Waals surface area contributed by atoms with Crippen LogP contribution in [-0.4, -0.2) is 31.2 Å². The fourth-order valence-electron chi connectivity index (χ4n) is 2.89. The monoisotopic (exact) mass is 247 g/mol. The minimum atomic E-state index is 0.508. The molecule has 0 saturated carbocycles. The van der Waals surface area contributed by atoms with Crippen LogP contribution in [0.4, 0.5) is 0 Å². The highest BCUT2D eigenvalue weighted by Crippen LogP contribution is 2.25. The van der Waals surface area contributed by atoms with Gasteiger partial charge in [0.05, 0.1) is 6.61 Å². The number of fused-ring (bicyclic) bond motifs is 1. The second-order valence-electron chi connectivity index (χ2n) is 5.43. The highest BCUT2D eigenvalue weighted by molar-refractivity contribution is 5.40. The van der Waals surface area contributed by atoms with Crippen molar-refractivity contribution in [1.82, 2.24) is 4.90 Å². The van der Waals surface area contributed by atoms with Crippen molar-refractivity contribution < 1.29 is 4.74 Å². The SMILES string of the molecule is CCc1cc(C)c2c(c1)CCN(C(C)COC)C2. The number of ether oxygens (including phenoxy) is 1. The normalized spacial score (nSPS) is 17.6. The standard InChI is InChI=1S/C16H25NO/c1-5-14-8-12(2)16-10-17(13(3)11-18-4)7-6-15(16)9-14/h8-9,13H,5-7,10-11H2,1-4H3. The van der Waals surface area contributed by atoms with Gasteiger partial charge in [-0.2, -0.15) is 0 Å². The lowest BCUT2D eigenvalue weighted by atomic mass is 9.92. The molecule has 0 aromatic heterocycles. The molecular weight excluding hydrogens is 222 g/mol. The van der Waals surface area contributed by atoms with Gasteiger partial charge in [0.1, 0.15) is 0 Å². The van der Waals surface area contributed by atoms with Crippen LogP contribution in [0, 0.1) is 6.92 Å². The Morgan fingerprint density at radius 2 is 2.17 bits per heavy atom. The van der Waals surface area contributed by atoms with Crippen molar-refractivity contribution in [3.05, 3.63) is 34.4 Å². The van der Waals surface area contributed by atoms with E-state index in [9.17, 15) is 0 Å². The largest absolute Gasteiger partial charge is 0.383 e. The maximum Gasteiger partial charge on any atom is 0.0615 e. The molecule has 1 heterocycles. The third-order valence-corrected chi connectivity index (χ3v) is 4.09. The molecule has 0 spiro atoms. The molecule has 1 aromatic rings. The molecule has 1 aromatic carbocycles. The Hall–Kier alpha value is -0.860. The van der Waals surface area contributed by atoms with E-state index in [0.29, 0.717) is 6.04 Å². The predicted octanol–water partition coefficient (Wildman–Crippen LogP) is 2.95. The number of benzene rings is 1. The van der Waals surface area contributed by atoms with Gasteiger partial charge in [0.15, 0.2) is 0 Å². The third kappa shape index (κ3) is 2.76. The Balaban J connectivity index is 2.19. The molecule has 18 heavy (non-hydrogen) atoms. The van der Waals surface area contributed by atoms with Gasteiger partial charge in [-0.25, -0.2) is 0 Å². The van der Waals surface area contributed by atoms with Crippen LogP contribution in [0.2, 0.25) is 0 Å². The van der Waals surface area contributed by atoms with Crippen molar-refractivity contribution in [2.24, 2.45) is 0 Å². The molecule has 1 aliphatic rings. The van der Waals surface area contributed by atoms with Crippen LogP contribution in [0.1, 0.15) is 36.1 Å². The van der Waals surface area contributed by atoms with E-state index >= 15 is 0 Å². The third-order valence-electron chi connectivity index (χ3n) is 4.09. The quantitative estimate of drug-likeness (QED) is 0.811. The van der Waals surface area contributed by atoms with Crippen molar-refractivity contribution in [3.63, 3.8) is 0 Å². The molecule has 0 bridgehead atoms. The zero-order chi connectivity index (χ0) is 13.1. The first kappa shape index (κ1) is 13.6. The molecule has 2 nitrogen and oxygen atoms in total. The molecule has 0 N–H and O–H groups in total. The molecule has 1 unspecified atom stereocenters. The van der Waals surface area contributed by atoms with Gasteiger partial charge in [-0.3, -0.25) is 4.90 Å². The zero-order valence-electron chi connectivity index (χ0n) is 12.1. The van der Waals surface area contributed by atoms with Crippen molar-refractivity contribution in [1.29, 1.82) is 0 Å². The number of hydrogen-bond acceptors (Lipinski definition) is 2. The van der Waals surface area contributed by atoms with Crippen molar-refractivity contribution in [2.45, 2.75) is 46.2 Å². The summed E-state index contributed by atoms with van der Waals surface area (Å²) in [6.45, 7) is 9.80. The van der Waals surface area contributed by atoms with E-state index in [0.717, 1.165) is 26.1 Å². The Morgan fingerprint density at radius 1 is 1.39 bits per heavy atom. The van der Waals surface area contributed by atoms with Crippen molar-refractivity contribution in [2.75, 3.05) is 20.3 Å². The lowest BCUT2D eigenvalue weighted by Gasteiger charge is -2.34. The van der Waals surface area contributed by atoms with Gasteiger partial charge in [0, 0.05) is 26.2 Å². The summed E-state index contributed by atoms with van der Waals surface area (Å²) in [6, 6.07) is 5.26. The Labute approximate surface area is 111 Å². The summed E-state index contributed by atoms with van der Waals surface area (Å²) in [6.07, 6.45) is 2.32. The molecular formula is C16H25NO. The molecule has 2 rings (SSSR count). The second kappa shape index (κ2) is 5.85. The smallest absolute Gasteiger partial charge is 0.0615 e. The van der Waals surface area contributed by atoms with Crippen molar-refractivity contribution in [3.8, 4) is 0 Å². The van der Waals surface area contributed by atoms with Crippen LogP contribution in [0.5, 0.6) is 0 Å². The summed E-state index contributed by atoms with van der Waals surface area (Å²) >= 11 is 0. The fraction of sp³-hybridized carbons (Fsp3) is 0.625. The molecule has 1 atom stereocenters. The Morgan fingerprint density at radius 3 is 2.83 bits per heavy atom. The summed E-state index contributed by atoms with van der Waals surface area (Å²) in [7, 11) is 1.78. The van der Waals surface area contributed by atoms with E-state index in [1.807, 2.05) is 0 Å².